The zero-order valence-electron chi connectivity index (χ0n) is 13.4. The molecule has 5 nitrogen and oxygen atoms in total. The Labute approximate surface area is 163 Å². The number of nitrogens with one attached hydrogen (secondary N) is 1. The van der Waals surface area contributed by atoms with E-state index in [1.165, 1.54) is 0 Å². The summed E-state index contributed by atoms with van der Waals surface area (Å²) in [6.07, 6.45) is 1.55. The Hall–Kier alpha value is -2.09. The van der Waals surface area contributed by atoms with Gasteiger partial charge in [0, 0.05) is 32.7 Å². The predicted molar refractivity (Wildman–Crippen MR) is 106 cm³/mol. The Morgan fingerprint density at radius 1 is 1.12 bits per heavy atom. The lowest BCUT2D eigenvalue weighted by Gasteiger charge is -2.07. The van der Waals surface area contributed by atoms with Crippen molar-refractivity contribution in [2.45, 2.75) is 10.2 Å². The summed E-state index contributed by atoms with van der Waals surface area (Å²) in [5.41, 5.74) is 3.10. The Bertz CT molecular complexity index is 1200. The average molecular weight is 451 g/mol. The number of nitrogens with zero attached hydrogens (tertiary/aromatic N) is 2. The molecule has 0 fully saturated rings. The van der Waals surface area contributed by atoms with Gasteiger partial charge in [0.2, 0.25) is 0 Å². The van der Waals surface area contributed by atoms with E-state index < -0.39 is 10.0 Å². The van der Waals surface area contributed by atoms with Gasteiger partial charge in [0.05, 0.1) is 16.6 Å². The smallest absolute Gasteiger partial charge is 0.283 e. The maximum Gasteiger partial charge on any atom is 0.283 e. The average Bonchev–Trinajstić information content (AvgIpc) is 3.29. The number of benzene rings is 2. The molecular formula is C18H13BrClN3O2S. The molecule has 0 saturated heterocycles. The van der Waals surface area contributed by atoms with Gasteiger partial charge in [0.1, 0.15) is 0 Å². The molecule has 26 heavy (non-hydrogen) atoms. The molecule has 4 rings (SSSR count). The van der Waals surface area contributed by atoms with Crippen LogP contribution in [-0.4, -0.2) is 22.6 Å². The van der Waals surface area contributed by atoms with Crippen LogP contribution < -0.4 is 0 Å². The molecule has 4 aromatic rings. The van der Waals surface area contributed by atoms with Crippen molar-refractivity contribution in [2.75, 3.05) is 0 Å². The van der Waals surface area contributed by atoms with E-state index in [4.69, 9.17) is 11.6 Å². The van der Waals surface area contributed by atoms with Gasteiger partial charge in [-0.1, -0.05) is 45.7 Å². The van der Waals surface area contributed by atoms with Crippen LogP contribution in [0.4, 0.5) is 0 Å². The van der Waals surface area contributed by atoms with Gasteiger partial charge in [-0.05, 0) is 36.4 Å². The molecule has 0 spiro atoms. The molecular weight excluding hydrogens is 438 g/mol. The molecule has 2 aromatic carbocycles. The van der Waals surface area contributed by atoms with Crippen molar-refractivity contribution >= 4 is 48.5 Å². The summed E-state index contributed by atoms with van der Waals surface area (Å²) in [6, 6.07) is 15.5. The quantitative estimate of drug-likeness (QED) is 0.453. The van der Waals surface area contributed by atoms with E-state index in [0.717, 1.165) is 21.0 Å². The van der Waals surface area contributed by atoms with E-state index in [0.29, 0.717) is 21.3 Å². The topological polar surface area (TPSA) is 67.8 Å². The summed E-state index contributed by atoms with van der Waals surface area (Å²) in [4.78, 5) is 3.46. The van der Waals surface area contributed by atoms with Gasteiger partial charge in [-0.15, -0.1) is 0 Å². The van der Waals surface area contributed by atoms with E-state index in [1.807, 2.05) is 12.1 Å². The van der Waals surface area contributed by atoms with Crippen molar-refractivity contribution < 1.29 is 8.42 Å². The number of halogens is 2. The van der Waals surface area contributed by atoms with Crippen molar-refractivity contribution in [3.05, 3.63) is 71.5 Å². The van der Waals surface area contributed by atoms with E-state index >= 15 is 0 Å². The van der Waals surface area contributed by atoms with Gasteiger partial charge in [-0.3, -0.25) is 0 Å². The zero-order chi connectivity index (χ0) is 18.3. The molecule has 0 aliphatic carbocycles. The third-order valence-electron chi connectivity index (χ3n) is 4.07. The largest absolute Gasteiger partial charge is 0.358 e. The Kier molecular flexibility index (Phi) is 4.38. The van der Waals surface area contributed by atoms with Crippen LogP contribution in [0.1, 0.15) is 5.69 Å². The molecule has 0 amide bonds. The van der Waals surface area contributed by atoms with Crippen molar-refractivity contribution in [2.24, 2.45) is 0 Å². The maximum atomic E-state index is 13.0. The number of H-pyrrole nitrogens is 1. The Morgan fingerprint density at radius 3 is 2.58 bits per heavy atom. The third-order valence-corrected chi connectivity index (χ3v) is 6.51. The lowest BCUT2D eigenvalue weighted by molar-refractivity contribution is 0.582. The summed E-state index contributed by atoms with van der Waals surface area (Å²) >= 11 is 9.69. The second kappa shape index (κ2) is 6.57. The number of alkyl halides is 1. The summed E-state index contributed by atoms with van der Waals surface area (Å²) in [5, 5.41) is 5.98. The molecule has 2 aromatic heterocycles. The molecule has 0 bridgehead atoms. The zero-order valence-corrected chi connectivity index (χ0v) is 16.5. The van der Waals surface area contributed by atoms with E-state index in [9.17, 15) is 8.42 Å². The minimum atomic E-state index is -3.81. The summed E-state index contributed by atoms with van der Waals surface area (Å²) in [7, 11) is -3.81. The third kappa shape index (κ3) is 2.86. The fraction of sp³-hybridized carbons (Fsp3) is 0.0556. The molecule has 2 heterocycles. The van der Waals surface area contributed by atoms with Crippen LogP contribution in [0.5, 0.6) is 0 Å². The highest BCUT2D eigenvalue weighted by atomic mass is 79.9. The van der Waals surface area contributed by atoms with Crippen molar-refractivity contribution in [1.29, 1.82) is 0 Å². The molecule has 0 unspecified atom stereocenters. The van der Waals surface area contributed by atoms with E-state index in [1.54, 1.807) is 48.7 Å². The molecule has 132 valence electrons. The predicted octanol–water partition coefficient (Wildman–Crippen LogP) is 4.82. The molecule has 1 N–H and O–H groups in total. The SMILES string of the molecule is O=S(=O)(c1ccccc1)n1ncc2c(-c3ccc(CBr)[nH]3)cc(Cl)cc21. The second-order valence-electron chi connectivity index (χ2n) is 5.72. The van der Waals surface area contributed by atoms with Gasteiger partial charge >= 0.3 is 0 Å². The maximum absolute atomic E-state index is 13.0. The molecule has 0 radical (unpaired) electrons. The first kappa shape index (κ1) is 17.3. The van der Waals surface area contributed by atoms with Crippen molar-refractivity contribution in [1.82, 2.24) is 14.2 Å². The van der Waals surface area contributed by atoms with Gasteiger partial charge in [0.15, 0.2) is 0 Å². The van der Waals surface area contributed by atoms with Crippen molar-refractivity contribution in [3.8, 4) is 11.3 Å². The first-order valence-electron chi connectivity index (χ1n) is 7.73. The minimum Gasteiger partial charge on any atom is -0.358 e. The number of hydrogen-bond acceptors (Lipinski definition) is 3. The lowest BCUT2D eigenvalue weighted by Crippen LogP contribution is -2.14. The minimum absolute atomic E-state index is 0.174. The highest BCUT2D eigenvalue weighted by molar-refractivity contribution is 9.08. The molecule has 0 atom stereocenters. The summed E-state index contributed by atoms with van der Waals surface area (Å²) in [6.45, 7) is 0. The fourth-order valence-electron chi connectivity index (χ4n) is 2.85. The van der Waals surface area contributed by atoms with E-state index in [-0.39, 0.29) is 4.90 Å². The highest BCUT2D eigenvalue weighted by Crippen LogP contribution is 2.33. The monoisotopic (exact) mass is 449 g/mol. The number of hydrogen-bond donors (Lipinski definition) is 1. The van der Waals surface area contributed by atoms with Crippen LogP contribution >= 0.6 is 27.5 Å². The molecule has 0 aliphatic rings. The second-order valence-corrected chi connectivity index (χ2v) is 8.49. The number of rotatable bonds is 4. The van der Waals surface area contributed by atoms with Crippen LogP contribution in [0.25, 0.3) is 22.2 Å². The molecule has 0 aliphatic heterocycles. The van der Waals surface area contributed by atoms with E-state index in [2.05, 4.69) is 26.0 Å². The number of aromatic amines is 1. The summed E-state index contributed by atoms with van der Waals surface area (Å²) < 4.78 is 27.0. The van der Waals surface area contributed by atoms with Crippen LogP contribution in [0, 0.1) is 0 Å². The molecule has 8 heteroatoms. The summed E-state index contributed by atoms with van der Waals surface area (Å²) in [5.74, 6) is 0. The molecule has 0 saturated carbocycles. The standard InChI is InChI=1S/C18H13BrClN3O2S/c19-10-13-6-7-17(22-13)15-8-12(20)9-18-16(15)11-21-23(18)26(24,25)14-4-2-1-3-5-14/h1-9,11,22H,10H2. The first-order valence-corrected chi connectivity index (χ1v) is 10.7. The normalized spacial score (nSPS) is 11.9. The van der Waals surface area contributed by atoms with Gasteiger partial charge < -0.3 is 4.98 Å². The fourth-order valence-corrected chi connectivity index (χ4v) is 4.67. The highest BCUT2D eigenvalue weighted by Gasteiger charge is 2.22. The van der Waals surface area contributed by atoms with Crippen LogP contribution in [-0.2, 0) is 15.4 Å². The number of aromatic nitrogens is 3. The lowest BCUT2D eigenvalue weighted by atomic mass is 10.1. The first-order chi connectivity index (χ1) is 12.5. The van der Waals surface area contributed by atoms with Crippen LogP contribution in [0.3, 0.4) is 0 Å². The Morgan fingerprint density at radius 2 is 1.88 bits per heavy atom. The number of fused-ring (bicyclic) bond motifs is 1. The van der Waals surface area contributed by atoms with Gasteiger partial charge in [-0.2, -0.15) is 17.6 Å². The van der Waals surface area contributed by atoms with Crippen molar-refractivity contribution in [3.63, 3.8) is 0 Å². The Balaban J connectivity index is 1.95. The van der Waals surface area contributed by atoms with Gasteiger partial charge in [0.25, 0.3) is 10.0 Å². The van der Waals surface area contributed by atoms with Crippen LogP contribution in [0.15, 0.2) is 65.7 Å². The van der Waals surface area contributed by atoms with Gasteiger partial charge in [-0.25, -0.2) is 0 Å². The van der Waals surface area contributed by atoms with Crippen LogP contribution in [0.2, 0.25) is 5.02 Å².